The van der Waals surface area contributed by atoms with Crippen molar-refractivity contribution < 1.29 is 77.6 Å². The highest BCUT2D eigenvalue weighted by molar-refractivity contribution is 6.03. The second-order valence-electron chi connectivity index (χ2n) is 29.6. The number of aliphatic hydroxyl groups excluding tert-OH is 2. The third kappa shape index (κ3) is 19.8. The van der Waals surface area contributed by atoms with Crippen LogP contribution in [0.15, 0.2) is 42.2 Å². The molecule has 1 saturated carbocycles. The first-order valence-electron chi connectivity index (χ1n) is 35.7. The Balaban J connectivity index is 1.16. The Morgan fingerprint density at radius 1 is 0.556 bits per heavy atom. The van der Waals surface area contributed by atoms with Crippen molar-refractivity contribution in [1.82, 2.24) is 67.0 Å². The van der Waals surface area contributed by atoms with E-state index >= 15 is 19.2 Å². The van der Waals surface area contributed by atoms with Gasteiger partial charge in [-0.2, -0.15) is 0 Å². The molecule has 0 bridgehead atoms. The van der Waals surface area contributed by atoms with Crippen molar-refractivity contribution in [3.8, 4) is 0 Å². The van der Waals surface area contributed by atoms with Gasteiger partial charge in [-0.15, -0.1) is 0 Å². The number of carbonyl (C=O) groups is 13. The third-order valence-corrected chi connectivity index (χ3v) is 20.0. The molecule has 1 aliphatic carbocycles. The largest absolute Gasteiger partial charge is 0.480 e. The van der Waals surface area contributed by atoms with Crippen molar-refractivity contribution >= 4 is 76.9 Å². The van der Waals surface area contributed by atoms with Crippen LogP contribution in [0.1, 0.15) is 164 Å². The van der Waals surface area contributed by atoms with Crippen LogP contribution < -0.4 is 42.5 Å². The molecule has 1 aromatic rings. The Hall–Kier alpha value is -8.21. The number of benzene rings is 1. The molecule has 12 amide bonds. The van der Waals surface area contributed by atoms with Crippen LogP contribution in [0.4, 0.5) is 0 Å². The summed E-state index contributed by atoms with van der Waals surface area (Å²) >= 11 is 0. The number of aliphatic carboxylic acids is 1. The molecule has 99 heavy (non-hydrogen) atoms. The van der Waals surface area contributed by atoms with Crippen LogP contribution in [0.5, 0.6) is 0 Å². The maximum Gasteiger partial charge on any atom is 0.322 e. The number of carboxylic acids is 1. The van der Waals surface area contributed by atoms with E-state index in [-0.39, 0.29) is 127 Å². The fourth-order valence-corrected chi connectivity index (χ4v) is 15.1. The minimum Gasteiger partial charge on any atom is -0.480 e. The average molecular weight is 1380 g/mol. The molecule has 5 saturated heterocycles. The molecular weight excluding hydrogens is 1280 g/mol. The molecule has 0 radical (unpaired) electrons. The second kappa shape index (κ2) is 34.7. The number of amides is 12. The number of hydrogen-bond donors (Lipinski definition) is 11. The molecule has 0 spiro atoms. The number of aliphatic hydroxyl groups is 2. The molecular formula is C70H105N13O16. The molecule has 6 heterocycles. The van der Waals surface area contributed by atoms with E-state index in [4.69, 9.17) is 0 Å². The molecule has 29 heteroatoms. The Morgan fingerprint density at radius 3 is 1.75 bits per heavy atom. The lowest BCUT2D eigenvalue weighted by Gasteiger charge is -2.34. The quantitative estimate of drug-likeness (QED) is 0.0872. The number of nitrogens with zero attached hydrogens (tertiary/aromatic N) is 5. The van der Waals surface area contributed by atoms with Crippen molar-refractivity contribution in [3.63, 3.8) is 0 Å². The van der Waals surface area contributed by atoms with Gasteiger partial charge in [-0.1, -0.05) is 111 Å². The molecule has 13 atom stereocenters. The zero-order valence-corrected chi connectivity index (χ0v) is 58.5. The van der Waals surface area contributed by atoms with Gasteiger partial charge in [-0.3, -0.25) is 62.3 Å². The van der Waals surface area contributed by atoms with E-state index in [0.717, 1.165) is 36.8 Å². The highest BCUT2D eigenvalue weighted by Crippen LogP contribution is 2.33. The minimum atomic E-state index is -1.38. The topological polar surface area (TPSA) is 395 Å². The van der Waals surface area contributed by atoms with Crippen LogP contribution in [-0.4, -0.2) is 235 Å². The normalized spacial score (nSPS) is 28.0. The van der Waals surface area contributed by atoms with Crippen LogP contribution in [0.2, 0.25) is 0 Å². The van der Waals surface area contributed by atoms with Gasteiger partial charge in [0.1, 0.15) is 78.7 Å². The Morgan fingerprint density at radius 2 is 1.12 bits per heavy atom. The van der Waals surface area contributed by atoms with Crippen molar-refractivity contribution in [2.24, 2.45) is 29.6 Å². The minimum absolute atomic E-state index is 0.0279. The van der Waals surface area contributed by atoms with Gasteiger partial charge in [0.05, 0.1) is 12.2 Å². The molecule has 7 aliphatic rings. The van der Waals surface area contributed by atoms with Gasteiger partial charge in [-0.25, -0.2) is 0 Å². The lowest BCUT2D eigenvalue weighted by Crippen LogP contribution is -2.60. The van der Waals surface area contributed by atoms with Crippen LogP contribution in [0.25, 0.3) is 0 Å². The fourth-order valence-electron chi connectivity index (χ4n) is 15.1. The van der Waals surface area contributed by atoms with Gasteiger partial charge in [0.2, 0.25) is 65.0 Å². The van der Waals surface area contributed by atoms with Crippen molar-refractivity contribution in [2.45, 2.75) is 243 Å². The summed E-state index contributed by atoms with van der Waals surface area (Å²) in [5.41, 5.74) is 0.183. The van der Waals surface area contributed by atoms with Crippen LogP contribution in [0, 0.1) is 29.6 Å². The standard InChI is InChI=1S/C70H105N13O16/c1-38(2)27-46(60(89)73-48(59(88)72-35-57(86)87)30-42-17-10-9-11-18-42)74-62(91)52-21-14-24-79(52)68(97)51-34-71-49(31-43-19-12-13-20-43)66(95)83-37-45(85)33-56(83)70(99)82-36-44(84)32-55(82)64(93)75-47(28-39(3)4)61(90)76-50(29-40(5)6)67(96)81-26-16-23-54(81)69(98)80-25-15-22-53(80)63(92)78-58(41(7)8)65(94)77-51/h9-11,17-18,34,38-41,43-50,52-56,58,71,84-85H,12-16,19-33,35-37H2,1-8H3,(H,72,88)(H,73,89)(H,74,91)(H,75,93)(H,76,90)(H,77,94)(H,78,92)(H,86,87)/t44-,45-,46+,47+,48+,49+,50+,52+,53+,54+,55+,56+,58+/m1/s1. The lowest BCUT2D eigenvalue weighted by molar-refractivity contribution is -0.148. The maximum atomic E-state index is 15.5. The zero-order chi connectivity index (χ0) is 72.1. The van der Waals surface area contributed by atoms with Gasteiger partial charge in [0.25, 0.3) is 5.91 Å². The number of nitrogens with one attached hydrogen (secondary N) is 8. The summed E-state index contributed by atoms with van der Waals surface area (Å²) in [6.07, 6.45) is 3.50. The number of carbonyl (C=O) groups excluding carboxylic acids is 12. The lowest BCUT2D eigenvalue weighted by atomic mass is 9.97. The maximum absolute atomic E-state index is 15.5. The SMILES string of the molecule is CC(C)C[C@H](NC(=O)[C@@H]1CCCN1C(=O)C1=CN[C@@H](CC2CCCC2)C(=O)N2C[C@H](O)C[C@H]2C(=O)N2C[C@H](O)C[C@H]2C(=O)N[C@@H](CC(C)C)C(=O)N[C@@H](CC(C)C)C(=O)N2CCC[C@H]2C(=O)N2CCC[C@H]2C(=O)N[C@@H](C(C)C)C(=O)N1)C(=O)N[C@@H](Cc1ccccc1)C(=O)NCC(=O)O. The van der Waals surface area contributed by atoms with Gasteiger partial charge in [-0.05, 0) is 99.4 Å². The van der Waals surface area contributed by atoms with E-state index in [9.17, 15) is 58.5 Å². The first-order chi connectivity index (χ1) is 47.0. The monoisotopic (exact) mass is 1380 g/mol. The molecule has 29 nitrogen and oxygen atoms in total. The summed E-state index contributed by atoms with van der Waals surface area (Å²) in [6.45, 7) is 13.3. The average Bonchev–Trinajstić information content (AvgIpc) is 1.67. The fraction of sp³-hybridized carbons (Fsp3) is 0.700. The zero-order valence-electron chi connectivity index (χ0n) is 58.5. The summed E-state index contributed by atoms with van der Waals surface area (Å²) in [6, 6.07) is -4.93. The molecule has 0 aromatic heterocycles. The number of carboxylic acid groups (broad SMARTS) is 1. The Bertz CT molecular complexity index is 3160. The first kappa shape index (κ1) is 76.5. The van der Waals surface area contributed by atoms with Crippen molar-refractivity contribution in [3.05, 3.63) is 47.8 Å². The summed E-state index contributed by atoms with van der Waals surface area (Å²) in [7, 11) is 0. The van der Waals surface area contributed by atoms with E-state index in [1.807, 2.05) is 41.5 Å². The number of hydrogen-bond acceptors (Lipinski definition) is 16. The Labute approximate surface area is 579 Å². The number of rotatable bonds is 19. The van der Waals surface area contributed by atoms with Crippen molar-refractivity contribution in [1.29, 1.82) is 0 Å². The number of likely N-dealkylation sites (tertiary alicyclic amines) is 1. The molecule has 0 unspecified atom stereocenters. The summed E-state index contributed by atoms with van der Waals surface area (Å²) in [5, 5.41) is 54.2. The summed E-state index contributed by atoms with van der Waals surface area (Å²) < 4.78 is 0. The van der Waals surface area contributed by atoms with Gasteiger partial charge in [0, 0.05) is 58.2 Å². The van der Waals surface area contributed by atoms with E-state index < -0.39 is 174 Å². The molecule has 6 aliphatic heterocycles. The molecule has 11 N–H and O–H groups in total. The van der Waals surface area contributed by atoms with Gasteiger partial charge >= 0.3 is 5.97 Å². The molecule has 1 aromatic carbocycles. The summed E-state index contributed by atoms with van der Waals surface area (Å²) in [4.78, 5) is 195. The predicted molar refractivity (Wildman–Crippen MR) is 360 cm³/mol. The first-order valence-corrected chi connectivity index (χ1v) is 35.7. The molecule has 6 fully saturated rings. The van der Waals surface area contributed by atoms with E-state index in [0.29, 0.717) is 18.4 Å². The van der Waals surface area contributed by atoms with Crippen molar-refractivity contribution in [2.75, 3.05) is 39.3 Å². The smallest absolute Gasteiger partial charge is 0.322 e. The van der Waals surface area contributed by atoms with Crippen LogP contribution in [0.3, 0.4) is 0 Å². The Kier molecular flexibility index (Phi) is 26.8. The number of fused-ring (bicyclic) bond motifs is 4. The van der Waals surface area contributed by atoms with Crippen LogP contribution in [-0.2, 0) is 68.7 Å². The van der Waals surface area contributed by atoms with E-state index in [1.54, 1.807) is 44.2 Å². The highest BCUT2D eigenvalue weighted by atomic mass is 16.4. The predicted octanol–water partition coefficient (Wildman–Crippen LogP) is 0.0545. The second-order valence-corrected chi connectivity index (χ2v) is 29.6. The van der Waals surface area contributed by atoms with E-state index in [1.165, 1.54) is 19.6 Å². The van der Waals surface area contributed by atoms with Gasteiger partial charge < -0.3 is 82.4 Å². The van der Waals surface area contributed by atoms with Crippen LogP contribution >= 0.6 is 0 Å². The summed E-state index contributed by atoms with van der Waals surface area (Å²) in [5.74, 6) is -11.2. The molecule has 546 valence electrons. The third-order valence-electron chi connectivity index (χ3n) is 20.0. The van der Waals surface area contributed by atoms with E-state index in [2.05, 4.69) is 42.5 Å². The highest BCUT2D eigenvalue weighted by Gasteiger charge is 2.50. The van der Waals surface area contributed by atoms with Gasteiger partial charge in [0.15, 0.2) is 0 Å². The molecule has 8 rings (SSSR count).